The molecule has 3 aliphatic heterocycles. The second kappa shape index (κ2) is 9.95. The summed E-state index contributed by atoms with van der Waals surface area (Å²) >= 11 is 0. The second-order valence-electron chi connectivity index (χ2n) is 10.3. The quantitative estimate of drug-likeness (QED) is 0.653. The maximum Gasteiger partial charge on any atom is 0.288 e. The Hall–Kier alpha value is -3.36. The summed E-state index contributed by atoms with van der Waals surface area (Å²) < 4.78 is 5.92. The van der Waals surface area contributed by atoms with Crippen molar-refractivity contribution in [2.45, 2.75) is 51.7 Å². The van der Waals surface area contributed by atoms with Gasteiger partial charge in [-0.25, -0.2) is 4.98 Å². The highest BCUT2D eigenvalue weighted by Crippen LogP contribution is 2.32. The van der Waals surface area contributed by atoms with Crippen LogP contribution in [0.4, 0.5) is 11.8 Å². The Kier molecular flexibility index (Phi) is 6.73. The van der Waals surface area contributed by atoms with Gasteiger partial charge in [-0.3, -0.25) is 9.59 Å². The first-order valence-electron chi connectivity index (χ1n) is 13.0. The number of likely N-dealkylation sites (N-methyl/N-ethyl adjacent to an activating group) is 2. The lowest BCUT2D eigenvalue weighted by molar-refractivity contribution is -0.139. The lowest BCUT2D eigenvalue weighted by atomic mass is 9.89. The first-order chi connectivity index (χ1) is 17.3. The lowest BCUT2D eigenvalue weighted by Gasteiger charge is -2.37. The summed E-state index contributed by atoms with van der Waals surface area (Å²) in [7, 11) is 3.53. The number of hydrogen-bond donors (Lipinski definition) is 1. The number of hydrogen-bond acceptors (Lipinski definition) is 7. The molecular formula is C27H36N6O3. The molecule has 5 rings (SSSR count). The van der Waals surface area contributed by atoms with E-state index in [1.807, 2.05) is 31.3 Å². The van der Waals surface area contributed by atoms with Crippen molar-refractivity contribution in [2.24, 2.45) is 11.8 Å². The molecule has 2 fully saturated rings. The molecule has 4 aliphatic rings. The van der Waals surface area contributed by atoms with Crippen LogP contribution in [0.5, 0.6) is 0 Å². The average Bonchev–Trinajstić information content (AvgIpc) is 3.20. The Morgan fingerprint density at radius 3 is 2.58 bits per heavy atom. The Morgan fingerprint density at radius 2 is 1.89 bits per heavy atom. The van der Waals surface area contributed by atoms with Crippen molar-refractivity contribution in [3.05, 3.63) is 47.5 Å². The van der Waals surface area contributed by atoms with Gasteiger partial charge >= 0.3 is 0 Å². The van der Waals surface area contributed by atoms with Crippen molar-refractivity contribution in [3.63, 3.8) is 0 Å². The van der Waals surface area contributed by atoms with Crippen molar-refractivity contribution in [1.82, 2.24) is 19.8 Å². The minimum Gasteiger partial charge on any atom is -0.475 e. The molecule has 1 aromatic heterocycles. The van der Waals surface area contributed by atoms with Crippen molar-refractivity contribution in [1.29, 1.82) is 0 Å². The molecule has 2 amide bonds. The van der Waals surface area contributed by atoms with Gasteiger partial charge < -0.3 is 24.8 Å². The minimum atomic E-state index is -0.597. The zero-order valence-corrected chi connectivity index (χ0v) is 21.6. The lowest BCUT2D eigenvalue weighted by Crippen LogP contribution is -2.46. The second-order valence-corrected chi connectivity index (χ2v) is 10.3. The fourth-order valence-electron chi connectivity index (χ4n) is 5.40. The van der Waals surface area contributed by atoms with Crippen LogP contribution in [-0.2, 0) is 14.3 Å². The van der Waals surface area contributed by atoms with Crippen LogP contribution in [0.25, 0.3) is 0 Å². The molecule has 1 aliphatic carbocycles. The fraction of sp³-hybridized carbons (Fsp3) is 0.556. The largest absolute Gasteiger partial charge is 0.475 e. The number of carbonyl (C=O) groups excluding carboxylic acids is 2. The number of ether oxygens (including phenoxy) is 1. The average molecular weight is 493 g/mol. The van der Waals surface area contributed by atoms with Crippen molar-refractivity contribution >= 4 is 23.6 Å². The van der Waals surface area contributed by atoms with E-state index in [2.05, 4.69) is 28.2 Å². The molecule has 36 heavy (non-hydrogen) atoms. The first kappa shape index (κ1) is 24.3. The number of aromatic nitrogens is 2. The van der Waals surface area contributed by atoms with E-state index in [1.54, 1.807) is 23.9 Å². The van der Waals surface area contributed by atoms with E-state index in [-0.39, 0.29) is 29.5 Å². The number of nitrogens with zero attached hydrogens (tertiary/aromatic N) is 5. The molecule has 1 aromatic rings. The molecule has 0 saturated carbocycles. The van der Waals surface area contributed by atoms with Crippen LogP contribution in [0.2, 0.25) is 0 Å². The maximum absolute atomic E-state index is 12.9. The molecule has 0 bridgehead atoms. The molecular weight excluding hydrogens is 456 g/mol. The van der Waals surface area contributed by atoms with Gasteiger partial charge in [-0.05, 0) is 37.8 Å². The predicted molar refractivity (Wildman–Crippen MR) is 138 cm³/mol. The van der Waals surface area contributed by atoms with Crippen LogP contribution in [-0.4, -0.2) is 77.5 Å². The minimum absolute atomic E-state index is 0.0703. The van der Waals surface area contributed by atoms with Gasteiger partial charge in [-0.1, -0.05) is 25.5 Å². The molecule has 2 saturated heterocycles. The number of allylic oxidation sites excluding steroid dienone is 1. The highest BCUT2D eigenvalue weighted by Gasteiger charge is 2.38. The summed E-state index contributed by atoms with van der Waals surface area (Å²) in [6, 6.07) is -0.0979. The Bertz CT molecular complexity index is 1120. The summed E-state index contributed by atoms with van der Waals surface area (Å²) in [5, 5.41) is 3.47. The fourth-order valence-corrected chi connectivity index (χ4v) is 5.40. The molecule has 0 spiro atoms. The third-order valence-electron chi connectivity index (χ3n) is 7.91. The van der Waals surface area contributed by atoms with Gasteiger partial charge in [0, 0.05) is 63.5 Å². The Labute approximate surface area is 212 Å². The monoisotopic (exact) mass is 492 g/mol. The summed E-state index contributed by atoms with van der Waals surface area (Å²) in [6.45, 7) is 6.87. The number of rotatable bonds is 6. The third-order valence-corrected chi connectivity index (χ3v) is 7.91. The van der Waals surface area contributed by atoms with E-state index in [4.69, 9.17) is 9.72 Å². The molecule has 192 valence electrons. The number of aryl methyl sites for hydroxylation is 1. The molecule has 4 heterocycles. The normalized spacial score (nSPS) is 26.7. The number of nitrogens with one attached hydrogen (secondary N) is 1. The summed E-state index contributed by atoms with van der Waals surface area (Å²) in [5.41, 5.74) is 1.88. The molecule has 1 N–H and O–H groups in total. The summed E-state index contributed by atoms with van der Waals surface area (Å²) in [6.07, 6.45) is 13.4. The number of fused-ring (bicyclic) bond motifs is 1. The SMILES string of the molecule is CCC1CCN(c2ncc(C)c(NC3=CC4C=C(O[C@@H]5CCN(C)C5=O)C(=O)N(C)C4C=C3)n2)CC1. The molecule has 9 heteroatoms. The van der Waals surface area contributed by atoms with Gasteiger partial charge in [0.05, 0.1) is 6.04 Å². The number of likely N-dealkylation sites (tertiary alicyclic amines) is 1. The Morgan fingerprint density at radius 1 is 1.11 bits per heavy atom. The van der Waals surface area contributed by atoms with Gasteiger partial charge in [0.25, 0.3) is 11.8 Å². The molecule has 0 radical (unpaired) electrons. The number of carbonyl (C=O) groups is 2. The van der Waals surface area contributed by atoms with Gasteiger partial charge in [0.15, 0.2) is 11.9 Å². The van der Waals surface area contributed by atoms with E-state index in [1.165, 1.54) is 19.3 Å². The smallest absolute Gasteiger partial charge is 0.288 e. The Balaban J connectivity index is 1.32. The summed E-state index contributed by atoms with van der Waals surface area (Å²) in [4.78, 5) is 40.3. The standard InChI is InChI=1S/C27H36N6O3/c1-5-18-8-12-33(13-9-18)27-28-16-17(2)24(30-27)29-20-6-7-21-19(14-20)15-23(26(35)32(21)4)36-22-10-11-31(3)25(22)34/h6-7,14-16,18-19,21-22H,5,8-13H2,1-4H3,(H,28,29,30)/t19?,21?,22-/m1/s1. The van der Waals surface area contributed by atoms with Gasteiger partial charge in [0.2, 0.25) is 5.95 Å². The van der Waals surface area contributed by atoms with E-state index in [0.29, 0.717) is 13.0 Å². The van der Waals surface area contributed by atoms with Crippen molar-refractivity contribution in [2.75, 3.05) is 43.9 Å². The number of amides is 2. The van der Waals surface area contributed by atoms with Gasteiger partial charge in [0.1, 0.15) is 5.82 Å². The van der Waals surface area contributed by atoms with E-state index < -0.39 is 6.10 Å². The van der Waals surface area contributed by atoms with Crippen LogP contribution in [0.15, 0.2) is 42.0 Å². The van der Waals surface area contributed by atoms with Crippen molar-refractivity contribution in [3.8, 4) is 0 Å². The number of piperidine rings is 1. The summed E-state index contributed by atoms with van der Waals surface area (Å²) in [5.74, 6) is 2.24. The molecule has 2 unspecified atom stereocenters. The van der Waals surface area contributed by atoms with E-state index >= 15 is 0 Å². The van der Waals surface area contributed by atoms with E-state index in [9.17, 15) is 9.59 Å². The van der Waals surface area contributed by atoms with E-state index in [0.717, 1.165) is 42.0 Å². The van der Waals surface area contributed by atoms with Crippen LogP contribution >= 0.6 is 0 Å². The van der Waals surface area contributed by atoms with Crippen LogP contribution in [0.1, 0.15) is 38.2 Å². The highest BCUT2D eigenvalue weighted by molar-refractivity contribution is 5.94. The highest BCUT2D eigenvalue weighted by atomic mass is 16.5. The zero-order valence-electron chi connectivity index (χ0n) is 21.6. The predicted octanol–water partition coefficient (Wildman–Crippen LogP) is 2.87. The third kappa shape index (κ3) is 4.70. The topological polar surface area (TPSA) is 90.9 Å². The van der Waals surface area contributed by atoms with Gasteiger partial charge in [-0.2, -0.15) is 4.98 Å². The molecule has 0 aromatic carbocycles. The van der Waals surface area contributed by atoms with Crippen LogP contribution in [0.3, 0.4) is 0 Å². The van der Waals surface area contributed by atoms with Crippen molar-refractivity contribution < 1.29 is 14.3 Å². The van der Waals surface area contributed by atoms with Crippen LogP contribution < -0.4 is 10.2 Å². The molecule has 9 nitrogen and oxygen atoms in total. The maximum atomic E-state index is 12.9. The number of anilines is 2. The van der Waals surface area contributed by atoms with Gasteiger partial charge in [-0.15, -0.1) is 0 Å². The first-order valence-corrected chi connectivity index (χ1v) is 13.0. The zero-order chi connectivity index (χ0) is 25.4. The van der Waals surface area contributed by atoms with Crippen LogP contribution in [0, 0.1) is 18.8 Å². The molecule has 3 atom stereocenters.